The van der Waals surface area contributed by atoms with Crippen molar-refractivity contribution < 1.29 is 9.53 Å². The molecule has 140 valence electrons. The van der Waals surface area contributed by atoms with Gasteiger partial charge in [-0.3, -0.25) is 19.5 Å². The van der Waals surface area contributed by atoms with Crippen molar-refractivity contribution in [1.29, 1.82) is 0 Å². The third kappa shape index (κ3) is 3.98. The molecule has 0 spiro atoms. The van der Waals surface area contributed by atoms with E-state index in [0.717, 1.165) is 20.5 Å². The third-order valence-corrected chi connectivity index (χ3v) is 4.72. The Hall–Kier alpha value is -3.20. The number of fused-ring (bicyclic) bond motifs is 1. The number of benzene rings is 1. The number of carbonyl (C=O) groups excluding carboxylic acids is 1. The zero-order chi connectivity index (χ0) is 19.6. The van der Waals surface area contributed by atoms with Crippen molar-refractivity contribution in [2.24, 2.45) is 14.1 Å². The van der Waals surface area contributed by atoms with Crippen molar-refractivity contribution in [2.75, 3.05) is 11.9 Å². The van der Waals surface area contributed by atoms with E-state index >= 15 is 0 Å². The molecular formula is C18H18N4O4S. The Morgan fingerprint density at radius 2 is 2.11 bits per heavy atom. The predicted octanol–water partition coefficient (Wildman–Crippen LogP) is 1.74. The Morgan fingerprint density at radius 3 is 2.85 bits per heavy atom. The Morgan fingerprint density at radius 1 is 1.33 bits per heavy atom. The maximum absolute atomic E-state index is 12.1. The van der Waals surface area contributed by atoms with E-state index in [-0.39, 0.29) is 5.56 Å². The molecule has 0 radical (unpaired) electrons. The molecule has 0 aliphatic carbocycles. The first-order valence-electron chi connectivity index (χ1n) is 8.18. The number of hydrogen-bond donors (Lipinski definition) is 1. The van der Waals surface area contributed by atoms with Crippen molar-refractivity contribution in [3.63, 3.8) is 0 Å². The Labute approximate surface area is 158 Å². The molecule has 2 heterocycles. The van der Waals surface area contributed by atoms with Gasteiger partial charge in [0.25, 0.3) is 5.56 Å². The number of nitrogens with one attached hydrogen (secondary N) is 1. The molecule has 1 amide bonds. The smallest absolute Gasteiger partial charge is 0.330 e. The second kappa shape index (κ2) is 7.58. The summed E-state index contributed by atoms with van der Waals surface area (Å²) in [7, 11) is 2.93. The minimum atomic E-state index is -0.467. The summed E-state index contributed by atoms with van der Waals surface area (Å²) in [6.07, 6.45) is 4.00. The Kier molecular flexibility index (Phi) is 5.22. The summed E-state index contributed by atoms with van der Waals surface area (Å²) in [5.41, 5.74) is 0.100. The molecule has 0 fully saturated rings. The number of rotatable bonds is 5. The van der Waals surface area contributed by atoms with Crippen LogP contribution in [0.2, 0.25) is 0 Å². The van der Waals surface area contributed by atoms with E-state index in [9.17, 15) is 14.4 Å². The number of anilines is 1. The van der Waals surface area contributed by atoms with E-state index in [2.05, 4.69) is 10.3 Å². The first-order chi connectivity index (χ1) is 12.9. The lowest BCUT2D eigenvalue weighted by Gasteiger charge is -2.03. The summed E-state index contributed by atoms with van der Waals surface area (Å²) >= 11 is 1.33. The van der Waals surface area contributed by atoms with E-state index < -0.39 is 17.2 Å². The highest BCUT2D eigenvalue weighted by Crippen LogP contribution is 2.29. The maximum Gasteiger partial charge on any atom is 0.330 e. The normalized spacial score (nSPS) is 11.2. The summed E-state index contributed by atoms with van der Waals surface area (Å²) in [6.45, 7) is 2.48. The number of aromatic nitrogens is 3. The van der Waals surface area contributed by atoms with E-state index in [1.807, 2.05) is 25.1 Å². The molecule has 2 aromatic heterocycles. The van der Waals surface area contributed by atoms with E-state index in [4.69, 9.17) is 4.74 Å². The van der Waals surface area contributed by atoms with Crippen molar-refractivity contribution in [2.45, 2.75) is 6.92 Å². The van der Waals surface area contributed by atoms with Crippen LogP contribution in [0.1, 0.15) is 12.5 Å². The molecule has 0 saturated carbocycles. The van der Waals surface area contributed by atoms with Crippen molar-refractivity contribution in [3.8, 4) is 5.75 Å². The molecule has 3 aromatic rings. The first kappa shape index (κ1) is 18.6. The fraction of sp³-hybridized carbons (Fsp3) is 0.222. The lowest BCUT2D eigenvalue weighted by atomic mass is 10.3. The van der Waals surface area contributed by atoms with Crippen LogP contribution >= 0.6 is 11.3 Å². The highest BCUT2D eigenvalue weighted by atomic mass is 32.1. The minimum absolute atomic E-state index is 0.236. The van der Waals surface area contributed by atoms with Crippen LogP contribution in [-0.4, -0.2) is 26.6 Å². The summed E-state index contributed by atoms with van der Waals surface area (Å²) < 4.78 is 8.62. The SMILES string of the molecule is CCOc1ccc2nc(NC(=O)/C=C/c3cn(C)c(=O)n(C)c3=O)sc2c1. The van der Waals surface area contributed by atoms with Crippen LogP contribution in [0.4, 0.5) is 5.13 Å². The fourth-order valence-electron chi connectivity index (χ4n) is 2.48. The second-order valence-corrected chi connectivity index (χ2v) is 6.78. The molecule has 8 nitrogen and oxygen atoms in total. The van der Waals surface area contributed by atoms with Crippen molar-refractivity contribution in [3.05, 3.63) is 56.9 Å². The number of amides is 1. The monoisotopic (exact) mass is 386 g/mol. The van der Waals surface area contributed by atoms with Gasteiger partial charge < -0.3 is 9.30 Å². The van der Waals surface area contributed by atoms with Crippen LogP contribution < -0.4 is 21.3 Å². The lowest BCUT2D eigenvalue weighted by Crippen LogP contribution is -2.37. The number of aryl methyl sites for hydroxylation is 1. The minimum Gasteiger partial charge on any atom is -0.494 e. The van der Waals surface area contributed by atoms with Crippen LogP contribution in [-0.2, 0) is 18.9 Å². The van der Waals surface area contributed by atoms with Crippen LogP contribution in [0.15, 0.2) is 40.1 Å². The van der Waals surface area contributed by atoms with Gasteiger partial charge in [0.2, 0.25) is 5.91 Å². The topological polar surface area (TPSA) is 95.2 Å². The number of hydrogen-bond acceptors (Lipinski definition) is 6. The summed E-state index contributed by atoms with van der Waals surface area (Å²) in [5, 5.41) is 3.12. The van der Waals surface area contributed by atoms with Gasteiger partial charge in [-0.25, -0.2) is 9.78 Å². The molecule has 0 atom stereocenters. The largest absolute Gasteiger partial charge is 0.494 e. The van der Waals surface area contributed by atoms with Crippen molar-refractivity contribution >= 4 is 38.7 Å². The summed E-state index contributed by atoms with van der Waals surface area (Å²) in [5.74, 6) is 0.326. The Bertz CT molecular complexity index is 1160. The lowest BCUT2D eigenvalue weighted by molar-refractivity contribution is -0.111. The van der Waals surface area contributed by atoms with Crippen LogP contribution in [0.5, 0.6) is 5.75 Å². The fourth-order valence-corrected chi connectivity index (χ4v) is 3.38. The predicted molar refractivity (Wildman–Crippen MR) is 105 cm³/mol. The van der Waals surface area contributed by atoms with E-state index in [1.54, 1.807) is 0 Å². The van der Waals surface area contributed by atoms with Crippen LogP contribution in [0, 0.1) is 0 Å². The zero-order valence-electron chi connectivity index (χ0n) is 15.1. The highest BCUT2D eigenvalue weighted by Gasteiger charge is 2.08. The van der Waals surface area contributed by atoms with Gasteiger partial charge in [-0.1, -0.05) is 11.3 Å². The van der Waals surface area contributed by atoms with Gasteiger partial charge in [0.05, 0.1) is 22.4 Å². The molecule has 0 unspecified atom stereocenters. The molecule has 1 N–H and O–H groups in total. The van der Waals surface area contributed by atoms with Gasteiger partial charge in [-0.05, 0) is 31.2 Å². The quantitative estimate of drug-likeness (QED) is 0.674. The van der Waals surface area contributed by atoms with Crippen LogP contribution in [0.3, 0.4) is 0 Å². The average molecular weight is 386 g/mol. The molecule has 3 rings (SSSR count). The number of ether oxygens (including phenoxy) is 1. The van der Waals surface area contributed by atoms with Gasteiger partial charge in [0.1, 0.15) is 5.75 Å². The summed E-state index contributed by atoms with van der Waals surface area (Å²) in [6, 6.07) is 5.53. The van der Waals surface area contributed by atoms with Gasteiger partial charge in [0, 0.05) is 26.4 Å². The average Bonchev–Trinajstić information content (AvgIpc) is 3.03. The number of nitrogens with zero attached hydrogens (tertiary/aromatic N) is 3. The standard InChI is InChI=1S/C18H18N4O4S/c1-4-26-12-6-7-13-14(9-12)27-17(19-13)20-15(23)8-5-11-10-21(2)18(25)22(3)16(11)24/h5-10H,4H2,1-3H3,(H,19,20,23)/b8-5+. The van der Waals surface area contributed by atoms with E-state index in [0.29, 0.717) is 11.7 Å². The Balaban J connectivity index is 1.78. The molecule has 9 heteroatoms. The molecule has 0 aliphatic rings. The molecule has 27 heavy (non-hydrogen) atoms. The second-order valence-electron chi connectivity index (χ2n) is 5.75. The van der Waals surface area contributed by atoms with Crippen LogP contribution in [0.25, 0.3) is 16.3 Å². The van der Waals surface area contributed by atoms with Gasteiger partial charge in [-0.2, -0.15) is 0 Å². The molecule has 0 aliphatic heterocycles. The van der Waals surface area contributed by atoms with E-state index in [1.165, 1.54) is 48.3 Å². The molecule has 1 aromatic carbocycles. The zero-order valence-corrected chi connectivity index (χ0v) is 15.9. The first-order valence-corrected chi connectivity index (χ1v) is 9.00. The number of thiazole rings is 1. The van der Waals surface area contributed by atoms with Gasteiger partial charge in [0.15, 0.2) is 5.13 Å². The highest BCUT2D eigenvalue weighted by molar-refractivity contribution is 7.22. The third-order valence-electron chi connectivity index (χ3n) is 3.79. The van der Waals surface area contributed by atoms with Crippen molar-refractivity contribution in [1.82, 2.24) is 14.1 Å². The summed E-state index contributed by atoms with van der Waals surface area (Å²) in [4.78, 5) is 40.2. The molecule has 0 bridgehead atoms. The number of carbonyl (C=O) groups is 1. The van der Waals surface area contributed by atoms with Gasteiger partial charge in [-0.15, -0.1) is 0 Å². The molecular weight excluding hydrogens is 368 g/mol. The molecule has 0 saturated heterocycles. The maximum atomic E-state index is 12.1. The van der Waals surface area contributed by atoms with Gasteiger partial charge >= 0.3 is 5.69 Å².